The Hall–Kier alpha value is -3.67. The van der Waals surface area contributed by atoms with Gasteiger partial charge in [0.05, 0.1) is 12.7 Å². The van der Waals surface area contributed by atoms with E-state index in [0.717, 1.165) is 49.2 Å². The summed E-state index contributed by atoms with van der Waals surface area (Å²) in [5.74, 6) is 0.522. The number of nitrogens with zero attached hydrogens (tertiary/aromatic N) is 3. The van der Waals surface area contributed by atoms with E-state index >= 15 is 0 Å². The summed E-state index contributed by atoms with van der Waals surface area (Å²) in [4.78, 5) is 28.8. The average molecular weight is 430 g/mol. The van der Waals surface area contributed by atoms with Crippen molar-refractivity contribution < 1.29 is 9.53 Å². The monoisotopic (exact) mass is 429 g/mol. The van der Waals surface area contributed by atoms with Crippen molar-refractivity contribution in [2.75, 3.05) is 25.1 Å². The topological polar surface area (TPSA) is 64.4 Å². The van der Waals surface area contributed by atoms with Gasteiger partial charge in [0.15, 0.2) is 5.78 Å². The molecule has 1 saturated heterocycles. The lowest BCUT2D eigenvalue weighted by Gasteiger charge is -2.30. The number of allylic oxidation sites excluding steroid dienone is 1. The molecule has 0 aliphatic carbocycles. The first-order valence-corrected chi connectivity index (χ1v) is 10.9. The predicted molar refractivity (Wildman–Crippen MR) is 127 cm³/mol. The van der Waals surface area contributed by atoms with Gasteiger partial charge in [-0.05, 0) is 43.0 Å². The van der Waals surface area contributed by atoms with Gasteiger partial charge in [0.1, 0.15) is 17.1 Å². The first kappa shape index (κ1) is 21.6. The maximum Gasteiger partial charge on any atom is 0.290 e. The van der Waals surface area contributed by atoms with Gasteiger partial charge in [-0.2, -0.15) is 5.10 Å². The van der Waals surface area contributed by atoms with Gasteiger partial charge in [0.2, 0.25) is 0 Å². The number of ether oxygens (including phenoxy) is 1. The molecular weight excluding hydrogens is 402 g/mol. The van der Waals surface area contributed by atoms with Crippen LogP contribution in [0, 0.1) is 0 Å². The molecule has 0 amide bonds. The van der Waals surface area contributed by atoms with Gasteiger partial charge in [-0.25, -0.2) is 4.68 Å². The number of carbonyl (C=O) groups is 1. The van der Waals surface area contributed by atoms with Crippen molar-refractivity contribution in [2.24, 2.45) is 7.05 Å². The average Bonchev–Trinajstić information content (AvgIpc) is 2.85. The number of hydrogen-bond donors (Lipinski definition) is 0. The van der Waals surface area contributed by atoms with E-state index in [9.17, 15) is 9.59 Å². The van der Waals surface area contributed by atoms with Crippen molar-refractivity contribution in [3.63, 3.8) is 0 Å². The van der Waals surface area contributed by atoms with E-state index in [1.807, 2.05) is 54.6 Å². The molecule has 1 aliphatic heterocycles. The number of aromatic nitrogens is 2. The Kier molecular flexibility index (Phi) is 6.50. The van der Waals surface area contributed by atoms with Gasteiger partial charge in [0.25, 0.3) is 5.56 Å². The van der Waals surface area contributed by atoms with Crippen LogP contribution in [0.5, 0.6) is 5.75 Å². The highest BCUT2D eigenvalue weighted by molar-refractivity contribution is 6.14. The van der Waals surface area contributed by atoms with Gasteiger partial charge in [-0.15, -0.1) is 0 Å². The zero-order chi connectivity index (χ0) is 22.5. The predicted octanol–water partition coefficient (Wildman–Crippen LogP) is 4.34. The molecule has 0 unspecified atom stereocenters. The summed E-state index contributed by atoms with van der Waals surface area (Å²) in [5, 5.41) is 4.50. The lowest BCUT2D eigenvalue weighted by atomic mass is 9.99. The molecule has 1 fully saturated rings. The fourth-order valence-corrected chi connectivity index (χ4v) is 4.03. The van der Waals surface area contributed by atoms with Crippen molar-refractivity contribution in [1.29, 1.82) is 0 Å². The van der Waals surface area contributed by atoms with Crippen molar-refractivity contribution in [3.05, 3.63) is 82.2 Å². The fraction of sp³-hybridized carbons (Fsp3) is 0.269. The van der Waals surface area contributed by atoms with Crippen LogP contribution in [-0.4, -0.2) is 35.8 Å². The van der Waals surface area contributed by atoms with Crippen molar-refractivity contribution in [1.82, 2.24) is 9.78 Å². The summed E-state index contributed by atoms with van der Waals surface area (Å²) in [6.45, 7) is 1.52. The lowest BCUT2D eigenvalue weighted by Crippen LogP contribution is -2.38. The minimum atomic E-state index is -0.243. The van der Waals surface area contributed by atoms with Crippen LogP contribution in [0.4, 0.5) is 5.69 Å². The van der Waals surface area contributed by atoms with Crippen molar-refractivity contribution in [2.45, 2.75) is 19.3 Å². The third-order valence-corrected chi connectivity index (χ3v) is 5.73. The Morgan fingerprint density at radius 2 is 1.69 bits per heavy atom. The molecule has 6 nitrogen and oxygen atoms in total. The summed E-state index contributed by atoms with van der Waals surface area (Å²) in [7, 11) is 3.26. The highest BCUT2D eigenvalue weighted by Gasteiger charge is 2.26. The third kappa shape index (κ3) is 4.49. The highest BCUT2D eigenvalue weighted by atomic mass is 16.5. The quantitative estimate of drug-likeness (QED) is 0.431. The minimum absolute atomic E-state index is 0.231. The summed E-state index contributed by atoms with van der Waals surface area (Å²) in [6.07, 6.45) is 6.42. The molecule has 2 heterocycles. The summed E-state index contributed by atoms with van der Waals surface area (Å²) >= 11 is 0. The third-order valence-electron chi connectivity index (χ3n) is 5.73. The highest BCUT2D eigenvalue weighted by Crippen LogP contribution is 2.29. The number of aryl methyl sites for hydroxylation is 1. The molecule has 1 aliphatic rings. The molecule has 0 saturated carbocycles. The van der Waals surface area contributed by atoms with E-state index in [0.29, 0.717) is 16.9 Å². The SMILES string of the molecule is COc1ccc(/C=C/C(=O)c2c(-c3ccccc3)nn(C)c(=O)c2N2CCCCC2)cc1. The molecule has 4 rings (SSSR count). The Balaban J connectivity index is 1.83. The van der Waals surface area contributed by atoms with E-state index in [1.165, 1.54) is 10.8 Å². The molecule has 3 aromatic rings. The fourth-order valence-electron chi connectivity index (χ4n) is 4.03. The zero-order valence-corrected chi connectivity index (χ0v) is 18.5. The molecule has 0 atom stereocenters. The smallest absolute Gasteiger partial charge is 0.290 e. The van der Waals surface area contributed by atoms with E-state index in [4.69, 9.17) is 4.74 Å². The Morgan fingerprint density at radius 3 is 2.34 bits per heavy atom. The van der Waals surface area contributed by atoms with Crippen LogP contribution in [0.15, 0.2) is 65.5 Å². The molecular formula is C26H27N3O3. The number of hydrogen-bond acceptors (Lipinski definition) is 5. The molecule has 2 aromatic carbocycles. The summed E-state index contributed by atoms with van der Waals surface area (Å²) < 4.78 is 6.54. The van der Waals surface area contributed by atoms with E-state index in [2.05, 4.69) is 10.00 Å². The number of anilines is 1. The number of piperidine rings is 1. The van der Waals surface area contributed by atoms with Gasteiger partial charge in [-0.1, -0.05) is 48.5 Å². The number of ketones is 1. The zero-order valence-electron chi connectivity index (χ0n) is 18.5. The van der Waals surface area contributed by atoms with Crippen molar-refractivity contribution in [3.8, 4) is 17.0 Å². The molecule has 164 valence electrons. The van der Waals surface area contributed by atoms with E-state index in [1.54, 1.807) is 20.2 Å². The van der Waals surface area contributed by atoms with Gasteiger partial charge in [0, 0.05) is 25.7 Å². The number of methoxy groups -OCH3 is 1. The second-order valence-corrected chi connectivity index (χ2v) is 7.89. The Morgan fingerprint density at radius 1 is 1.00 bits per heavy atom. The largest absolute Gasteiger partial charge is 0.497 e. The first-order valence-electron chi connectivity index (χ1n) is 10.9. The van der Waals surface area contributed by atoms with E-state index in [-0.39, 0.29) is 11.3 Å². The van der Waals surface area contributed by atoms with Crippen LogP contribution >= 0.6 is 0 Å². The standard InChI is InChI=1S/C26H27N3O3/c1-28-26(31)25(29-17-7-4-8-18-29)23(24(27-28)20-9-5-3-6-10-20)22(30)16-13-19-11-14-21(32-2)15-12-19/h3,5-6,9-16H,4,7-8,17-18H2,1-2H3/b16-13+. The normalized spacial score (nSPS) is 14.0. The molecule has 0 radical (unpaired) electrons. The molecule has 0 spiro atoms. The van der Waals surface area contributed by atoms with Gasteiger partial charge in [-0.3, -0.25) is 9.59 Å². The second kappa shape index (κ2) is 9.64. The maximum absolute atomic E-state index is 13.5. The van der Waals surface area contributed by atoms with Gasteiger partial charge < -0.3 is 9.64 Å². The van der Waals surface area contributed by atoms with Crippen LogP contribution in [0.25, 0.3) is 17.3 Å². The molecule has 0 bridgehead atoms. The van der Waals surface area contributed by atoms with E-state index < -0.39 is 0 Å². The Labute approximate surface area is 187 Å². The maximum atomic E-state index is 13.5. The van der Waals surface area contributed by atoms with Crippen LogP contribution in [0.3, 0.4) is 0 Å². The minimum Gasteiger partial charge on any atom is -0.497 e. The molecule has 6 heteroatoms. The van der Waals surface area contributed by atoms with Gasteiger partial charge >= 0.3 is 0 Å². The lowest BCUT2D eigenvalue weighted by molar-refractivity contribution is 0.104. The first-order chi connectivity index (χ1) is 15.6. The number of rotatable bonds is 6. The van der Waals surface area contributed by atoms with Crippen LogP contribution in [0.2, 0.25) is 0 Å². The number of carbonyl (C=O) groups excluding carboxylic acids is 1. The Bertz CT molecular complexity index is 1180. The van der Waals surface area contributed by atoms with Crippen molar-refractivity contribution >= 4 is 17.5 Å². The molecule has 0 N–H and O–H groups in total. The van der Waals surface area contributed by atoms with Crippen LogP contribution < -0.4 is 15.2 Å². The number of benzene rings is 2. The summed E-state index contributed by atoms with van der Waals surface area (Å²) in [6, 6.07) is 17.0. The molecule has 1 aromatic heterocycles. The summed E-state index contributed by atoms with van der Waals surface area (Å²) in [5.41, 5.74) is 2.78. The second-order valence-electron chi connectivity index (χ2n) is 7.89. The van der Waals surface area contributed by atoms with Crippen LogP contribution in [0.1, 0.15) is 35.2 Å². The van der Waals surface area contributed by atoms with Crippen LogP contribution in [-0.2, 0) is 7.05 Å². The molecule has 32 heavy (non-hydrogen) atoms.